The van der Waals surface area contributed by atoms with Gasteiger partial charge in [0.2, 0.25) is 0 Å². The Bertz CT molecular complexity index is 822. The summed E-state index contributed by atoms with van der Waals surface area (Å²) in [6.45, 7) is 5.68. The Hall–Kier alpha value is -2.18. The van der Waals surface area contributed by atoms with E-state index in [2.05, 4.69) is 34.5 Å². The van der Waals surface area contributed by atoms with Crippen LogP contribution in [-0.2, 0) is 17.6 Å². The van der Waals surface area contributed by atoms with Gasteiger partial charge in [0.1, 0.15) is 0 Å². The highest BCUT2D eigenvalue weighted by atomic mass is 32.1. The number of ether oxygens (including phenoxy) is 1. The van der Waals surface area contributed by atoms with Gasteiger partial charge < -0.3 is 9.64 Å². The summed E-state index contributed by atoms with van der Waals surface area (Å²) in [5.74, 6) is 0.588. The number of nitrogens with one attached hydrogen (secondary N) is 1. The average molecular weight is 384 g/mol. The Morgan fingerprint density at radius 1 is 1.30 bits per heavy atom. The molecule has 0 unspecified atom stereocenters. The van der Waals surface area contributed by atoms with Crippen LogP contribution >= 0.6 is 11.3 Å². The van der Waals surface area contributed by atoms with Gasteiger partial charge in [-0.05, 0) is 54.5 Å². The van der Waals surface area contributed by atoms with E-state index in [0.29, 0.717) is 5.92 Å². The highest BCUT2D eigenvalue weighted by molar-refractivity contribution is 7.14. The third-order valence-electron chi connectivity index (χ3n) is 5.20. The lowest BCUT2D eigenvalue weighted by Gasteiger charge is -2.28. The van der Waals surface area contributed by atoms with Crippen molar-refractivity contribution in [3.63, 3.8) is 0 Å². The largest absolute Gasteiger partial charge is 0.378 e. The number of amides is 1. The minimum Gasteiger partial charge on any atom is -0.378 e. The van der Waals surface area contributed by atoms with Crippen molar-refractivity contribution in [2.75, 3.05) is 31.2 Å². The topological polar surface area (TPSA) is 53.9 Å². The maximum atomic E-state index is 12.4. The van der Waals surface area contributed by atoms with Gasteiger partial charge in [0, 0.05) is 23.7 Å². The van der Waals surface area contributed by atoms with Gasteiger partial charge in [-0.25, -0.2) is 5.43 Å². The maximum Gasteiger partial charge on any atom is 0.281 e. The molecule has 4 rings (SSSR count). The number of carbonyl (C=O) groups excluding carboxylic acids is 1. The van der Waals surface area contributed by atoms with Crippen molar-refractivity contribution in [2.45, 2.75) is 26.2 Å². The lowest BCUT2D eigenvalue weighted by Crippen LogP contribution is -2.36. The molecular formula is C21H25N3O2S. The Balaban J connectivity index is 1.34. The number of morpholine rings is 1. The first-order valence-electron chi connectivity index (χ1n) is 9.57. The van der Waals surface area contributed by atoms with Gasteiger partial charge in [-0.2, -0.15) is 5.10 Å². The second kappa shape index (κ2) is 8.23. The molecule has 0 spiro atoms. The summed E-state index contributed by atoms with van der Waals surface area (Å²) in [4.78, 5) is 16.8. The first-order chi connectivity index (χ1) is 13.2. The lowest BCUT2D eigenvalue weighted by molar-refractivity contribution is 0.0959. The van der Waals surface area contributed by atoms with Crippen LogP contribution in [0.2, 0.25) is 0 Å². The summed E-state index contributed by atoms with van der Waals surface area (Å²) < 4.78 is 5.39. The molecule has 2 aliphatic rings. The van der Waals surface area contributed by atoms with E-state index >= 15 is 0 Å². The molecule has 1 atom stereocenters. The standard InChI is InChI=1S/C21H25N3O2S/c1-15-2-7-19-17(12-15)13-20(27-19)21(25)23-22-14-16-3-5-18(6-4-16)24-8-10-26-11-9-24/h3-6,13-15H,2,7-12H2,1H3,(H,23,25)/b22-14-/t15-/m0/s1. The molecule has 1 aromatic heterocycles. The minimum absolute atomic E-state index is 0.122. The number of carbonyl (C=O) groups is 1. The van der Waals surface area contributed by atoms with Crippen molar-refractivity contribution >= 4 is 29.1 Å². The summed E-state index contributed by atoms with van der Waals surface area (Å²) in [5, 5.41) is 4.13. The quantitative estimate of drug-likeness (QED) is 0.650. The summed E-state index contributed by atoms with van der Waals surface area (Å²) >= 11 is 1.61. The minimum atomic E-state index is -0.122. The number of thiophene rings is 1. The fourth-order valence-corrected chi connectivity index (χ4v) is 4.73. The van der Waals surface area contributed by atoms with E-state index < -0.39 is 0 Å². The molecule has 0 saturated carbocycles. The second-order valence-electron chi connectivity index (χ2n) is 7.30. The van der Waals surface area contributed by atoms with Gasteiger partial charge in [-0.1, -0.05) is 19.1 Å². The highest BCUT2D eigenvalue weighted by Crippen LogP contribution is 2.32. The Kier molecular flexibility index (Phi) is 5.55. The van der Waals surface area contributed by atoms with Crippen LogP contribution in [0.3, 0.4) is 0 Å². The van der Waals surface area contributed by atoms with Gasteiger partial charge >= 0.3 is 0 Å². The smallest absolute Gasteiger partial charge is 0.281 e. The first kappa shape index (κ1) is 18.2. The summed E-state index contributed by atoms with van der Waals surface area (Å²) in [6, 6.07) is 10.3. The van der Waals surface area contributed by atoms with E-state index in [-0.39, 0.29) is 5.91 Å². The predicted octanol–water partition coefficient (Wildman–Crippen LogP) is 3.47. The van der Waals surface area contributed by atoms with E-state index in [1.54, 1.807) is 17.6 Å². The van der Waals surface area contributed by atoms with E-state index in [0.717, 1.165) is 49.6 Å². The number of rotatable bonds is 4. The SMILES string of the molecule is C[C@H]1CCc2sc(C(=O)N/N=C\c3ccc(N4CCOCC4)cc3)cc2C1. The Morgan fingerprint density at radius 2 is 2.07 bits per heavy atom. The number of benzene rings is 1. The summed E-state index contributed by atoms with van der Waals surface area (Å²) in [5.41, 5.74) is 6.16. The molecule has 0 bridgehead atoms. The normalized spacial score (nSPS) is 19.9. The number of nitrogens with zero attached hydrogens (tertiary/aromatic N) is 2. The molecule has 2 heterocycles. The van der Waals surface area contributed by atoms with Crippen molar-refractivity contribution in [1.29, 1.82) is 0 Å². The number of hydrazone groups is 1. The van der Waals surface area contributed by atoms with E-state index in [4.69, 9.17) is 4.74 Å². The average Bonchev–Trinajstić information content (AvgIpc) is 3.12. The third kappa shape index (κ3) is 4.39. The molecule has 27 heavy (non-hydrogen) atoms. The molecule has 1 aliphatic carbocycles. The van der Waals surface area contributed by atoms with Crippen LogP contribution in [-0.4, -0.2) is 38.4 Å². The predicted molar refractivity (Wildman–Crippen MR) is 110 cm³/mol. The van der Waals surface area contributed by atoms with Crippen LogP contribution in [0.5, 0.6) is 0 Å². The molecule has 0 radical (unpaired) electrons. The van der Waals surface area contributed by atoms with Crippen LogP contribution in [0.1, 0.15) is 39.0 Å². The van der Waals surface area contributed by atoms with Crippen molar-refractivity contribution in [1.82, 2.24) is 5.43 Å². The van der Waals surface area contributed by atoms with Crippen molar-refractivity contribution < 1.29 is 9.53 Å². The molecule has 1 saturated heterocycles. The zero-order chi connectivity index (χ0) is 18.6. The van der Waals surface area contributed by atoms with Gasteiger partial charge in [0.05, 0.1) is 24.3 Å². The van der Waals surface area contributed by atoms with Crippen LogP contribution in [0.4, 0.5) is 5.69 Å². The van der Waals surface area contributed by atoms with Crippen LogP contribution in [0, 0.1) is 5.92 Å². The Labute approximate surface area is 164 Å². The summed E-state index contributed by atoms with van der Waals surface area (Å²) in [6.07, 6.45) is 5.08. The van der Waals surface area contributed by atoms with Crippen LogP contribution in [0.15, 0.2) is 35.4 Å². The van der Waals surface area contributed by atoms with Gasteiger partial charge in [0.25, 0.3) is 5.91 Å². The molecule has 142 valence electrons. The molecule has 1 aromatic carbocycles. The summed E-state index contributed by atoms with van der Waals surface area (Å²) in [7, 11) is 0. The number of hydrogen-bond donors (Lipinski definition) is 1. The molecule has 6 heteroatoms. The highest BCUT2D eigenvalue weighted by Gasteiger charge is 2.20. The van der Waals surface area contributed by atoms with Crippen molar-refractivity contribution in [3.8, 4) is 0 Å². The molecule has 1 N–H and O–H groups in total. The Morgan fingerprint density at radius 3 is 2.85 bits per heavy atom. The van der Waals surface area contributed by atoms with Crippen LogP contribution in [0.25, 0.3) is 0 Å². The number of anilines is 1. The number of fused-ring (bicyclic) bond motifs is 1. The molecule has 5 nitrogen and oxygen atoms in total. The lowest BCUT2D eigenvalue weighted by atomic mass is 9.90. The van der Waals surface area contributed by atoms with Gasteiger partial charge in [0.15, 0.2) is 0 Å². The molecule has 1 amide bonds. The number of aryl methyl sites for hydroxylation is 1. The monoisotopic (exact) mass is 383 g/mol. The fraction of sp³-hybridized carbons (Fsp3) is 0.429. The third-order valence-corrected chi connectivity index (χ3v) is 6.44. The molecule has 2 aromatic rings. The number of hydrogen-bond acceptors (Lipinski definition) is 5. The van der Waals surface area contributed by atoms with E-state index in [1.165, 1.54) is 22.5 Å². The molecular weight excluding hydrogens is 358 g/mol. The van der Waals surface area contributed by atoms with E-state index in [1.807, 2.05) is 18.2 Å². The second-order valence-corrected chi connectivity index (χ2v) is 8.43. The van der Waals surface area contributed by atoms with Crippen molar-refractivity contribution in [2.24, 2.45) is 11.0 Å². The molecule has 1 fully saturated rings. The van der Waals surface area contributed by atoms with Crippen LogP contribution < -0.4 is 10.3 Å². The maximum absolute atomic E-state index is 12.4. The fourth-order valence-electron chi connectivity index (χ4n) is 3.63. The van der Waals surface area contributed by atoms with Gasteiger partial charge in [-0.15, -0.1) is 11.3 Å². The zero-order valence-electron chi connectivity index (χ0n) is 15.6. The first-order valence-corrected chi connectivity index (χ1v) is 10.4. The zero-order valence-corrected chi connectivity index (χ0v) is 16.4. The van der Waals surface area contributed by atoms with Crippen molar-refractivity contribution in [3.05, 3.63) is 51.2 Å². The molecule has 1 aliphatic heterocycles. The van der Waals surface area contributed by atoms with Gasteiger partial charge in [-0.3, -0.25) is 4.79 Å². The van der Waals surface area contributed by atoms with E-state index in [9.17, 15) is 4.79 Å².